The first-order chi connectivity index (χ1) is 14.9. The Morgan fingerprint density at radius 2 is 1.87 bits per heavy atom. The number of carbonyl (C=O) groups excluding carboxylic acids is 1. The van der Waals surface area contributed by atoms with E-state index in [1.54, 1.807) is 6.07 Å². The van der Waals surface area contributed by atoms with Crippen molar-refractivity contribution in [3.63, 3.8) is 0 Å². The van der Waals surface area contributed by atoms with Crippen LogP contribution in [0, 0.1) is 6.92 Å². The number of aromatic nitrogens is 3. The van der Waals surface area contributed by atoms with Crippen LogP contribution >= 0.6 is 11.6 Å². The van der Waals surface area contributed by atoms with Gasteiger partial charge in [-0.25, -0.2) is 0 Å². The number of carbonyl (C=O) groups is 1. The molecular formula is C22H25ClN6O2. The molecule has 5 N–H and O–H groups in total. The highest BCUT2D eigenvalue weighted by Gasteiger charge is 2.11. The zero-order valence-electron chi connectivity index (χ0n) is 17.3. The predicted octanol–water partition coefficient (Wildman–Crippen LogP) is 4.00. The number of unbranched alkanes of at least 4 members (excludes halogenated alkanes) is 1. The van der Waals surface area contributed by atoms with E-state index in [0.717, 1.165) is 35.2 Å². The predicted molar refractivity (Wildman–Crippen MR) is 122 cm³/mol. The van der Waals surface area contributed by atoms with Gasteiger partial charge in [0, 0.05) is 22.7 Å². The summed E-state index contributed by atoms with van der Waals surface area (Å²) in [6.07, 6.45) is 1.94. The van der Waals surface area contributed by atoms with Gasteiger partial charge in [-0.15, -0.1) is 0 Å². The summed E-state index contributed by atoms with van der Waals surface area (Å²) in [7, 11) is 0. The second-order valence-electron chi connectivity index (χ2n) is 7.03. The number of esters is 1. The molecule has 1 heterocycles. The molecule has 3 rings (SSSR count). The van der Waals surface area contributed by atoms with Crippen molar-refractivity contribution in [1.82, 2.24) is 15.0 Å². The number of rotatable bonds is 9. The molecule has 0 aliphatic carbocycles. The van der Waals surface area contributed by atoms with Crippen molar-refractivity contribution in [1.29, 1.82) is 0 Å². The number of nitrogen functional groups attached to an aromatic ring is 1. The molecule has 0 saturated heterocycles. The fourth-order valence-corrected chi connectivity index (χ4v) is 3.04. The zero-order chi connectivity index (χ0) is 22.2. The normalized spacial score (nSPS) is 10.7. The molecule has 0 amide bonds. The first-order valence-electron chi connectivity index (χ1n) is 9.94. The van der Waals surface area contributed by atoms with Gasteiger partial charge in [-0.2, -0.15) is 15.0 Å². The molecule has 0 saturated carbocycles. The molecule has 162 valence electrons. The second-order valence-corrected chi connectivity index (χ2v) is 7.46. The fourth-order valence-electron chi connectivity index (χ4n) is 2.87. The largest absolute Gasteiger partial charge is 0.461 e. The quantitative estimate of drug-likeness (QED) is 0.336. The summed E-state index contributed by atoms with van der Waals surface area (Å²) in [6, 6.07) is 12.9. The minimum absolute atomic E-state index is 0.102. The van der Waals surface area contributed by atoms with Crippen LogP contribution in [0.5, 0.6) is 0 Å². The van der Waals surface area contributed by atoms with Crippen molar-refractivity contribution in [2.45, 2.75) is 32.8 Å². The number of ether oxygens (including phenoxy) is 1. The number of anilines is 3. The van der Waals surface area contributed by atoms with E-state index in [4.69, 9.17) is 27.8 Å². The molecule has 8 nitrogen and oxygen atoms in total. The summed E-state index contributed by atoms with van der Waals surface area (Å²) < 4.78 is 5.27. The lowest BCUT2D eigenvalue weighted by Crippen LogP contribution is -2.06. The maximum atomic E-state index is 11.7. The highest BCUT2D eigenvalue weighted by Crippen LogP contribution is 2.25. The smallest absolute Gasteiger partial charge is 0.306 e. The number of nitrogens with one attached hydrogen (secondary N) is 1. The van der Waals surface area contributed by atoms with Crippen molar-refractivity contribution in [2.75, 3.05) is 17.6 Å². The molecule has 0 aliphatic rings. The monoisotopic (exact) mass is 440 g/mol. The number of halogens is 1. The van der Waals surface area contributed by atoms with Crippen molar-refractivity contribution >= 4 is 35.2 Å². The Morgan fingerprint density at radius 1 is 1.10 bits per heavy atom. The fraction of sp³-hybridized carbons (Fsp3) is 0.273. The van der Waals surface area contributed by atoms with Gasteiger partial charge in [0.25, 0.3) is 0 Å². The lowest BCUT2D eigenvalue weighted by Gasteiger charge is -2.10. The van der Waals surface area contributed by atoms with Crippen molar-refractivity contribution in [3.05, 3.63) is 58.6 Å². The summed E-state index contributed by atoms with van der Waals surface area (Å²) in [4.78, 5) is 24.6. The standard InChI is InChI=1S/C22H25ClN6O2/c1-14-5-8-16(23)12-18(14)20-27-21(25)29-22(28-20)26-17-9-6-15(7-10-17)13-31-19(30)4-2-3-11-24/h5-10,12H,2-4,11,13,24H2,1H3,(H3,25,26,27,28,29). The molecule has 0 atom stereocenters. The highest BCUT2D eigenvalue weighted by atomic mass is 35.5. The third-order valence-electron chi connectivity index (χ3n) is 4.54. The van der Waals surface area contributed by atoms with E-state index < -0.39 is 0 Å². The van der Waals surface area contributed by atoms with Crippen molar-refractivity contribution < 1.29 is 9.53 Å². The Bertz CT molecular complexity index is 1040. The minimum Gasteiger partial charge on any atom is -0.461 e. The molecule has 0 unspecified atom stereocenters. The average molecular weight is 441 g/mol. The highest BCUT2D eigenvalue weighted by molar-refractivity contribution is 6.30. The number of nitrogens with two attached hydrogens (primary N) is 2. The maximum Gasteiger partial charge on any atom is 0.306 e. The van der Waals surface area contributed by atoms with Crippen LogP contribution in [0.1, 0.15) is 30.4 Å². The Hall–Kier alpha value is -3.23. The number of hydrogen-bond acceptors (Lipinski definition) is 8. The third-order valence-corrected chi connectivity index (χ3v) is 4.77. The van der Waals surface area contributed by atoms with E-state index in [-0.39, 0.29) is 18.5 Å². The Kier molecular flexibility index (Phi) is 7.75. The van der Waals surface area contributed by atoms with E-state index in [2.05, 4.69) is 20.3 Å². The van der Waals surface area contributed by atoms with Crippen LogP contribution in [-0.4, -0.2) is 27.5 Å². The molecule has 0 bridgehead atoms. The van der Waals surface area contributed by atoms with E-state index >= 15 is 0 Å². The summed E-state index contributed by atoms with van der Waals surface area (Å²) >= 11 is 6.11. The van der Waals surface area contributed by atoms with E-state index in [0.29, 0.717) is 29.8 Å². The number of benzene rings is 2. The molecule has 9 heteroatoms. The third kappa shape index (κ3) is 6.63. The molecule has 0 spiro atoms. The second kappa shape index (κ2) is 10.7. The first-order valence-corrected chi connectivity index (χ1v) is 10.3. The number of nitrogens with zero attached hydrogens (tertiary/aromatic N) is 3. The van der Waals surface area contributed by atoms with E-state index in [9.17, 15) is 4.79 Å². The van der Waals surface area contributed by atoms with Gasteiger partial charge in [-0.1, -0.05) is 29.8 Å². The molecule has 31 heavy (non-hydrogen) atoms. The molecule has 0 radical (unpaired) electrons. The van der Waals surface area contributed by atoms with Crippen LogP contribution in [-0.2, 0) is 16.1 Å². The summed E-state index contributed by atoms with van der Waals surface area (Å²) in [5, 5.41) is 3.71. The number of hydrogen-bond donors (Lipinski definition) is 3. The van der Waals surface area contributed by atoms with Crippen molar-refractivity contribution in [3.8, 4) is 11.4 Å². The van der Waals surface area contributed by atoms with Crippen LogP contribution in [0.25, 0.3) is 11.4 Å². The number of aryl methyl sites for hydroxylation is 1. The SMILES string of the molecule is Cc1ccc(Cl)cc1-c1nc(N)nc(Nc2ccc(COC(=O)CCCCN)cc2)n1. The molecule has 2 aromatic carbocycles. The van der Waals surface area contributed by atoms with Crippen LogP contribution in [0.15, 0.2) is 42.5 Å². The lowest BCUT2D eigenvalue weighted by molar-refractivity contribution is -0.145. The van der Waals surface area contributed by atoms with Gasteiger partial charge in [0.15, 0.2) is 5.82 Å². The van der Waals surface area contributed by atoms with Crippen LogP contribution < -0.4 is 16.8 Å². The topological polar surface area (TPSA) is 129 Å². The van der Waals surface area contributed by atoms with Gasteiger partial charge < -0.3 is 21.5 Å². The Morgan fingerprint density at radius 3 is 2.61 bits per heavy atom. The van der Waals surface area contributed by atoms with Crippen molar-refractivity contribution in [2.24, 2.45) is 5.73 Å². The van der Waals surface area contributed by atoms with Crippen LogP contribution in [0.3, 0.4) is 0 Å². The van der Waals surface area contributed by atoms with Gasteiger partial charge in [0.2, 0.25) is 11.9 Å². The Balaban J connectivity index is 1.65. The molecule has 1 aromatic heterocycles. The van der Waals surface area contributed by atoms with Gasteiger partial charge in [-0.3, -0.25) is 4.79 Å². The molecular weight excluding hydrogens is 416 g/mol. The van der Waals surface area contributed by atoms with Gasteiger partial charge in [-0.05, 0) is 61.7 Å². The summed E-state index contributed by atoms with van der Waals surface area (Å²) in [6.45, 7) is 2.75. The zero-order valence-corrected chi connectivity index (χ0v) is 18.0. The first kappa shape index (κ1) is 22.5. The van der Waals surface area contributed by atoms with Gasteiger partial charge in [0.1, 0.15) is 6.61 Å². The van der Waals surface area contributed by atoms with E-state index in [1.807, 2.05) is 43.3 Å². The van der Waals surface area contributed by atoms with Crippen LogP contribution in [0.2, 0.25) is 5.02 Å². The minimum atomic E-state index is -0.222. The molecule has 0 aliphatic heterocycles. The van der Waals surface area contributed by atoms with Gasteiger partial charge in [0.05, 0.1) is 0 Å². The molecule has 0 fully saturated rings. The van der Waals surface area contributed by atoms with Gasteiger partial charge >= 0.3 is 5.97 Å². The summed E-state index contributed by atoms with van der Waals surface area (Å²) in [5.41, 5.74) is 14.7. The Labute approximate surface area is 186 Å². The molecule has 3 aromatic rings. The lowest BCUT2D eigenvalue weighted by atomic mass is 10.1. The van der Waals surface area contributed by atoms with Crippen LogP contribution in [0.4, 0.5) is 17.6 Å². The maximum absolute atomic E-state index is 11.7. The van der Waals surface area contributed by atoms with E-state index in [1.165, 1.54) is 0 Å². The average Bonchev–Trinajstić information content (AvgIpc) is 2.75. The summed E-state index contributed by atoms with van der Waals surface area (Å²) in [5.74, 6) is 0.638.